The van der Waals surface area contributed by atoms with Crippen LogP contribution in [0.25, 0.3) is 0 Å². The molecule has 4 amide bonds. The van der Waals surface area contributed by atoms with E-state index in [-0.39, 0.29) is 25.0 Å². The zero-order valence-electron chi connectivity index (χ0n) is 20.6. The number of aromatic hydroxyl groups is 1. The van der Waals surface area contributed by atoms with Crippen LogP contribution in [-0.4, -0.2) is 86.3 Å². The zero-order valence-corrected chi connectivity index (χ0v) is 20.6. The first-order valence-electron chi connectivity index (χ1n) is 11.6. The van der Waals surface area contributed by atoms with E-state index in [0.29, 0.717) is 5.56 Å². The lowest BCUT2D eigenvalue weighted by molar-refractivity contribution is -0.143. The summed E-state index contributed by atoms with van der Waals surface area (Å²) in [5.74, 6) is -6.50. The molecule has 1 rings (SSSR count). The SMILES string of the molecule is CC(O)C(NC(=O)C(N)Cc1ccc(O)cc1)C(=O)NC(CCC(N)=O)C(=O)NC(CCC(=O)O)C(=O)O. The number of benzene rings is 1. The number of carboxylic acid groups (broad SMARTS) is 2. The number of carbonyl (C=O) groups is 6. The van der Waals surface area contributed by atoms with Gasteiger partial charge in [0.15, 0.2) is 0 Å². The molecular formula is C23H33N5O10. The quantitative estimate of drug-likeness (QED) is 0.104. The van der Waals surface area contributed by atoms with E-state index in [2.05, 4.69) is 16.0 Å². The second kappa shape index (κ2) is 15.1. The number of hydrogen-bond acceptors (Lipinski definition) is 9. The molecule has 15 nitrogen and oxygen atoms in total. The van der Waals surface area contributed by atoms with Crippen molar-refractivity contribution in [2.45, 2.75) is 69.3 Å². The number of aliphatic carboxylic acids is 2. The van der Waals surface area contributed by atoms with Crippen molar-refractivity contribution >= 4 is 35.6 Å². The largest absolute Gasteiger partial charge is 0.508 e. The Morgan fingerprint density at radius 1 is 0.842 bits per heavy atom. The molecule has 38 heavy (non-hydrogen) atoms. The molecular weight excluding hydrogens is 506 g/mol. The average Bonchev–Trinajstić information content (AvgIpc) is 2.82. The highest BCUT2D eigenvalue weighted by Crippen LogP contribution is 2.11. The molecule has 0 radical (unpaired) electrons. The Bertz CT molecular complexity index is 1010. The van der Waals surface area contributed by atoms with E-state index in [1.807, 2.05) is 0 Å². The van der Waals surface area contributed by atoms with Gasteiger partial charge in [-0.05, 0) is 43.9 Å². The monoisotopic (exact) mass is 539 g/mol. The molecule has 0 saturated heterocycles. The topological polar surface area (TPSA) is 271 Å². The first kappa shape index (κ1) is 31.8. The van der Waals surface area contributed by atoms with Gasteiger partial charge in [0.05, 0.1) is 12.1 Å². The van der Waals surface area contributed by atoms with Gasteiger partial charge in [0.2, 0.25) is 23.6 Å². The van der Waals surface area contributed by atoms with Crippen LogP contribution < -0.4 is 27.4 Å². The van der Waals surface area contributed by atoms with Crippen molar-refractivity contribution in [2.24, 2.45) is 11.5 Å². The molecule has 0 spiro atoms. The van der Waals surface area contributed by atoms with E-state index in [1.165, 1.54) is 19.1 Å². The van der Waals surface area contributed by atoms with Crippen molar-refractivity contribution in [2.75, 3.05) is 0 Å². The molecule has 0 aliphatic heterocycles. The summed E-state index contributed by atoms with van der Waals surface area (Å²) in [4.78, 5) is 71.6. The van der Waals surface area contributed by atoms with E-state index < -0.39 is 78.7 Å². The summed E-state index contributed by atoms with van der Waals surface area (Å²) >= 11 is 0. The molecule has 0 heterocycles. The van der Waals surface area contributed by atoms with Crippen LogP contribution >= 0.6 is 0 Å². The number of nitrogens with two attached hydrogens (primary N) is 2. The molecule has 15 heteroatoms. The number of phenols is 1. The first-order valence-corrected chi connectivity index (χ1v) is 11.6. The molecule has 0 fully saturated rings. The van der Waals surface area contributed by atoms with Gasteiger partial charge in [-0.15, -0.1) is 0 Å². The third-order valence-electron chi connectivity index (χ3n) is 5.37. The van der Waals surface area contributed by atoms with E-state index in [4.69, 9.17) is 16.6 Å². The van der Waals surface area contributed by atoms with Crippen LogP contribution in [0.2, 0.25) is 0 Å². The fraction of sp³-hybridized carbons (Fsp3) is 0.478. The van der Waals surface area contributed by atoms with Crippen LogP contribution in [0.15, 0.2) is 24.3 Å². The minimum Gasteiger partial charge on any atom is -0.508 e. The Kier molecular flexibility index (Phi) is 12.6. The summed E-state index contributed by atoms with van der Waals surface area (Å²) in [6.07, 6.45) is -3.15. The number of nitrogens with one attached hydrogen (secondary N) is 3. The molecule has 0 bridgehead atoms. The van der Waals surface area contributed by atoms with Crippen molar-refractivity contribution in [3.63, 3.8) is 0 Å². The second-order valence-corrected chi connectivity index (χ2v) is 8.60. The van der Waals surface area contributed by atoms with Crippen LogP contribution in [0.1, 0.15) is 38.2 Å². The maximum Gasteiger partial charge on any atom is 0.326 e. The van der Waals surface area contributed by atoms with Gasteiger partial charge in [0.25, 0.3) is 0 Å². The standard InChI is InChI=1S/C23H33N5O10/c1-11(29)19(28-20(34)14(24)10-12-2-4-13(30)5-3-12)22(36)26-15(6-8-17(25)31)21(35)27-16(23(37)38)7-9-18(32)33/h2-5,11,14-16,19,29-30H,6-10,24H2,1H3,(H2,25,31)(H,26,36)(H,27,35)(H,28,34)(H,32,33)(H,37,38). The lowest BCUT2D eigenvalue weighted by atomic mass is 10.0. The molecule has 1 aromatic rings. The predicted molar refractivity (Wildman–Crippen MR) is 130 cm³/mol. The average molecular weight is 540 g/mol. The van der Waals surface area contributed by atoms with Gasteiger partial charge in [-0.1, -0.05) is 12.1 Å². The maximum atomic E-state index is 12.9. The van der Waals surface area contributed by atoms with Crippen molar-refractivity contribution in [3.05, 3.63) is 29.8 Å². The van der Waals surface area contributed by atoms with Gasteiger partial charge in [-0.25, -0.2) is 4.79 Å². The van der Waals surface area contributed by atoms with Gasteiger partial charge < -0.3 is 47.8 Å². The summed E-state index contributed by atoms with van der Waals surface area (Å²) in [5.41, 5.74) is 11.6. The van der Waals surface area contributed by atoms with Crippen LogP contribution in [0.5, 0.6) is 5.75 Å². The van der Waals surface area contributed by atoms with Crippen LogP contribution in [-0.2, 0) is 35.2 Å². The molecule has 0 aliphatic carbocycles. The minimum absolute atomic E-state index is 0.0177. The highest BCUT2D eigenvalue weighted by atomic mass is 16.4. The number of carboxylic acids is 2. The number of phenolic OH excluding ortho intramolecular Hbond substituents is 1. The molecule has 210 valence electrons. The highest BCUT2D eigenvalue weighted by Gasteiger charge is 2.32. The van der Waals surface area contributed by atoms with Crippen molar-refractivity contribution in [1.82, 2.24) is 16.0 Å². The van der Waals surface area contributed by atoms with Crippen molar-refractivity contribution in [1.29, 1.82) is 0 Å². The normalized spacial score (nSPS) is 14.7. The third kappa shape index (κ3) is 11.2. The van der Waals surface area contributed by atoms with Gasteiger partial charge in [-0.2, -0.15) is 0 Å². The number of primary amides is 1. The van der Waals surface area contributed by atoms with Crippen molar-refractivity contribution in [3.8, 4) is 5.75 Å². The zero-order chi connectivity index (χ0) is 29.0. The summed E-state index contributed by atoms with van der Waals surface area (Å²) in [7, 11) is 0. The summed E-state index contributed by atoms with van der Waals surface area (Å²) in [6, 6.07) is 0.0587. The number of rotatable bonds is 16. The number of carbonyl (C=O) groups excluding carboxylic acids is 4. The summed E-state index contributed by atoms with van der Waals surface area (Å²) in [5, 5.41) is 44.1. The Morgan fingerprint density at radius 3 is 1.89 bits per heavy atom. The highest BCUT2D eigenvalue weighted by molar-refractivity contribution is 5.94. The lowest BCUT2D eigenvalue weighted by Crippen LogP contribution is -2.60. The Morgan fingerprint density at radius 2 is 1.39 bits per heavy atom. The van der Waals surface area contributed by atoms with Gasteiger partial charge in [0.1, 0.15) is 23.9 Å². The number of amides is 4. The fourth-order valence-corrected chi connectivity index (χ4v) is 3.26. The van der Waals surface area contributed by atoms with Crippen molar-refractivity contribution < 1.29 is 49.2 Å². The molecule has 5 atom stereocenters. The Hall–Kier alpha value is -4.24. The molecule has 5 unspecified atom stereocenters. The molecule has 1 aromatic carbocycles. The Balaban J connectivity index is 2.96. The van der Waals surface area contributed by atoms with Gasteiger partial charge in [-0.3, -0.25) is 24.0 Å². The lowest BCUT2D eigenvalue weighted by Gasteiger charge is -2.26. The van der Waals surface area contributed by atoms with E-state index in [9.17, 15) is 44.1 Å². The molecule has 0 aliphatic rings. The van der Waals surface area contributed by atoms with Crippen LogP contribution in [0.3, 0.4) is 0 Å². The number of aliphatic hydroxyl groups is 1. The van der Waals surface area contributed by atoms with E-state index in [0.717, 1.165) is 0 Å². The second-order valence-electron chi connectivity index (χ2n) is 8.60. The minimum atomic E-state index is -1.60. The first-order chi connectivity index (χ1) is 17.7. The van der Waals surface area contributed by atoms with E-state index in [1.54, 1.807) is 12.1 Å². The fourth-order valence-electron chi connectivity index (χ4n) is 3.26. The number of hydrogen-bond donors (Lipinski definition) is 9. The van der Waals surface area contributed by atoms with Crippen LogP contribution in [0, 0.1) is 0 Å². The molecule has 11 N–H and O–H groups in total. The Labute approximate surface area is 217 Å². The van der Waals surface area contributed by atoms with E-state index >= 15 is 0 Å². The van der Waals surface area contributed by atoms with Gasteiger partial charge >= 0.3 is 11.9 Å². The molecule has 0 aromatic heterocycles. The summed E-state index contributed by atoms with van der Waals surface area (Å²) < 4.78 is 0. The molecule has 0 saturated carbocycles. The maximum absolute atomic E-state index is 12.9. The summed E-state index contributed by atoms with van der Waals surface area (Å²) in [6.45, 7) is 1.20. The van der Waals surface area contributed by atoms with Crippen LogP contribution in [0.4, 0.5) is 0 Å². The van der Waals surface area contributed by atoms with Gasteiger partial charge in [0, 0.05) is 12.8 Å². The smallest absolute Gasteiger partial charge is 0.326 e. The predicted octanol–water partition coefficient (Wildman–Crippen LogP) is -2.69. The third-order valence-corrected chi connectivity index (χ3v) is 5.37. The number of aliphatic hydroxyl groups excluding tert-OH is 1.